The van der Waals surface area contributed by atoms with Crippen LogP contribution < -0.4 is 10.5 Å². The molecule has 0 aliphatic rings. The molecule has 0 unspecified atom stereocenters. The number of sulfonamides is 1. The molecule has 7 heteroatoms. The standard InChI is InChI=1S/C11H18N2O4S/c1-11(7-14,8-15)13-18(16,17)6-9-2-4-10(12)5-3-9/h2-5,13-15H,6-8,12H2,1H3. The Labute approximate surface area is 106 Å². The third-order valence-corrected chi connectivity index (χ3v) is 3.95. The number of nitrogens with one attached hydrogen (secondary N) is 1. The molecule has 0 aliphatic carbocycles. The molecule has 1 aromatic rings. The maximum Gasteiger partial charge on any atom is 0.216 e. The van der Waals surface area contributed by atoms with Gasteiger partial charge in [0.25, 0.3) is 0 Å². The maximum absolute atomic E-state index is 11.9. The van der Waals surface area contributed by atoms with Crippen LogP contribution in [-0.4, -0.2) is 37.4 Å². The Morgan fingerprint density at radius 2 is 1.72 bits per heavy atom. The van der Waals surface area contributed by atoms with Gasteiger partial charge in [0, 0.05) is 5.69 Å². The zero-order chi connectivity index (χ0) is 13.8. The number of hydrogen-bond acceptors (Lipinski definition) is 5. The van der Waals surface area contributed by atoms with E-state index in [0.29, 0.717) is 11.3 Å². The Bertz CT molecular complexity index is 480. The molecule has 102 valence electrons. The van der Waals surface area contributed by atoms with E-state index in [1.807, 2.05) is 0 Å². The molecule has 6 nitrogen and oxygen atoms in total. The summed E-state index contributed by atoms with van der Waals surface area (Å²) in [6, 6.07) is 6.46. The molecule has 0 atom stereocenters. The SMILES string of the molecule is CC(CO)(CO)NS(=O)(=O)Cc1ccc(N)cc1. The highest BCUT2D eigenvalue weighted by Crippen LogP contribution is 2.11. The van der Waals surface area contributed by atoms with E-state index in [2.05, 4.69) is 4.72 Å². The summed E-state index contributed by atoms with van der Waals surface area (Å²) in [5.41, 5.74) is 5.38. The van der Waals surface area contributed by atoms with Crippen LogP contribution in [0, 0.1) is 0 Å². The highest BCUT2D eigenvalue weighted by atomic mass is 32.2. The van der Waals surface area contributed by atoms with Crippen molar-refractivity contribution in [2.45, 2.75) is 18.2 Å². The fraction of sp³-hybridized carbons (Fsp3) is 0.455. The van der Waals surface area contributed by atoms with Crippen LogP contribution in [0.3, 0.4) is 0 Å². The molecule has 1 rings (SSSR count). The minimum Gasteiger partial charge on any atom is -0.399 e. The number of nitrogen functional groups attached to an aromatic ring is 1. The van der Waals surface area contributed by atoms with Gasteiger partial charge in [-0.3, -0.25) is 0 Å². The topological polar surface area (TPSA) is 113 Å². The Morgan fingerprint density at radius 3 is 2.17 bits per heavy atom. The van der Waals surface area contributed by atoms with Crippen LogP contribution in [0.5, 0.6) is 0 Å². The van der Waals surface area contributed by atoms with Crippen LogP contribution in [0.2, 0.25) is 0 Å². The molecule has 0 aromatic heterocycles. The molecule has 0 fully saturated rings. The lowest BCUT2D eigenvalue weighted by Crippen LogP contribution is -2.51. The lowest BCUT2D eigenvalue weighted by Gasteiger charge is -2.25. The molecule has 0 amide bonds. The second-order valence-corrected chi connectivity index (χ2v) is 6.20. The van der Waals surface area contributed by atoms with Gasteiger partial charge in [-0.25, -0.2) is 13.1 Å². The molecule has 0 aliphatic heterocycles. The summed E-state index contributed by atoms with van der Waals surface area (Å²) >= 11 is 0. The minimum absolute atomic E-state index is 0.233. The van der Waals surface area contributed by atoms with Crippen molar-refractivity contribution in [1.82, 2.24) is 4.72 Å². The summed E-state index contributed by atoms with van der Waals surface area (Å²) < 4.78 is 26.0. The third-order valence-electron chi connectivity index (χ3n) is 2.44. The first-order valence-corrected chi connectivity index (χ1v) is 7.03. The second-order valence-electron chi connectivity index (χ2n) is 4.48. The number of hydrogen-bond donors (Lipinski definition) is 4. The molecule has 0 heterocycles. The van der Waals surface area contributed by atoms with Gasteiger partial charge >= 0.3 is 0 Å². The lowest BCUT2D eigenvalue weighted by molar-refractivity contribution is 0.121. The van der Waals surface area contributed by atoms with E-state index in [0.717, 1.165) is 0 Å². The van der Waals surface area contributed by atoms with E-state index in [-0.39, 0.29) is 5.75 Å². The lowest BCUT2D eigenvalue weighted by atomic mass is 10.1. The van der Waals surface area contributed by atoms with Gasteiger partial charge in [-0.1, -0.05) is 12.1 Å². The molecule has 0 bridgehead atoms. The Morgan fingerprint density at radius 1 is 1.22 bits per heavy atom. The van der Waals surface area contributed by atoms with Crippen LogP contribution in [-0.2, 0) is 15.8 Å². The molecule has 18 heavy (non-hydrogen) atoms. The number of rotatable bonds is 6. The molecule has 0 radical (unpaired) electrons. The highest BCUT2D eigenvalue weighted by Gasteiger charge is 2.28. The summed E-state index contributed by atoms with van der Waals surface area (Å²) in [6.45, 7) is 0.461. The molecular formula is C11H18N2O4S. The number of nitrogens with two attached hydrogens (primary N) is 1. The molecule has 5 N–H and O–H groups in total. The van der Waals surface area contributed by atoms with Gasteiger partial charge in [-0.15, -0.1) is 0 Å². The fourth-order valence-electron chi connectivity index (χ4n) is 1.36. The average molecular weight is 274 g/mol. The molecule has 0 saturated heterocycles. The van der Waals surface area contributed by atoms with Crippen molar-refractivity contribution in [2.24, 2.45) is 0 Å². The largest absolute Gasteiger partial charge is 0.399 e. The summed E-state index contributed by atoms with van der Waals surface area (Å²) in [4.78, 5) is 0. The minimum atomic E-state index is -3.64. The van der Waals surface area contributed by atoms with E-state index in [1.54, 1.807) is 24.3 Å². The summed E-state index contributed by atoms with van der Waals surface area (Å²) in [7, 11) is -3.64. The Kier molecular flexibility index (Phi) is 4.69. The first-order valence-electron chi connectivity index (χ1n) is 5.38. The smallest absolute Gasteiger partial charge is 0.216 e. The van der Waals surface area contributed by atoms with Crippen LogP contribution in [0.1, 0.15) is 12.5 Å². The zero-order valence-electron chi connectivity index (χ0n) is 10.1. The monoisotopic (exact) mass is 274 g/mol. The quantitative estimate of drug-likeness (QED) is 0.519. The predicted molar refractivity (Wildman–Crippen MR) is 69.2 cm³/mol. The Balaban J connectivity index is 2.79. The fourth-order valence-corrected chi connectivity index (χ4v) is 2.94. The number of benzene rings is 1. The molecular weight excluding hydrogens is 256 g/mol. The first-order chi connectivity index (χ1) is 8.30. The zero-order valence-corrected chi connectivity index (χ0v) is 10.9. The van der Waals surface area contributed by atoms with E-state index >= 15 is 0 Å². The van der Waals surface area contributed by atoms with Gasteiger partial charge in [0.05, 0.1) is 24.5 Å². The average Bonchev–Trinajstić information content (AvgIpc) is 2.31. The van der Waals surface area contributed by atoms with E-state index < -0.39 is 28.8 Å². The van der Waals surface area contributed by atoms with Gasteiger partial charge in [-0.05, 0) is 24.6 Å². The van der Waals surface area contributed by atoms with Crippen molar-refractivity contribution in [3.8, 4) is 0 Å². The highest BCUT2D eigenvalue weighted by molar-refractivity contribution is 7.88. The van der Waals surface area contributed by atoms with Crippen LogP contribution in [0.15, 0.2) is 24.3 Å². The first kappa shape index (κ1) is 14.9. The van der Waals surface area contributed by atoms with Gasteiger partial charge in [0.2, 0.25) is 10.0 Å². The number of aliphatic hydroxyl groups excluding tert-OH is 2. The number of anilines is 1. The summed E-state index contributed by atoms with van der Waals surface area (Å²) in [5.74, 6) is -0.233. The molecule has 0 saturated carbocycles. The summed E-state index contributed by atoms with van der Waals surface area (Å²) in [5, 5.41) is 18.1. The van der Waals surface area contributed by atoms with Gasteiger partial charge in [0.1, 0.15) is 0 Å². The molecule has 0 spiro atoms. The second kappa shape index (κ2) is 5.66. The maximum atomic E-state index is 11.9. The van der Waals surface area contributed by atoms with Crippen molar-refractivity contribution < 1.29 is 18.6 Å². The molecule has 1 aromatic carbocycles. The van der Waals surface area contributed by atoms with Gasteiger partial charge in [-0.2, -0.15) is 0 Å². The Hall–Kier alpha value is -1.15. The van der Waals surface area contributed by atoms with Crippen molar-refractivity contribution >= 4 is 15.7 Å². The van der Waals surface area contributed by atoms with Crippen LogP contribution >= 0.6 is 0 Å². The predicted octanol–water partition coefficient (Wildman–Crippen LogP) is -0.568. The van der Waals surface area contributed by atoms with Crippen LogP contribution in [0.25, 0.3) is 0 Å². The van der Waals surface area contributed by atoms with E-state index in [1.165, 1.54) is 6.92 Å². The van der Waals surface area contributed by atoms with Crippen molar-refractivity contribution in [2.75, 3.05) is 18.9 Å². The van der Waals surface area contributed by atoms with Gasteiger partial charge < -0.3 is 15.9 Å². The van der Waals surface area contributed by atoms with E-state index in [4.69, 9.17) is 15.9 Å². The van der Waals surface area contributed by atoms with Crippen molar-refractivity contribution in [3.05, 3.63) is 29.8 Å². The van der Waals surface area contributed by atoms with Crippen molar-refractivity contribution in [1.29, 1.82) is 0 Å². The number of aliphatic hydroxyl groups is 2. The normalized spacial score (nSPS) is 12.6. The van der Waals surface area contributed by atoms with Gasteiger partial charge in [0.15, 0.2) is 0 Å². The van der Waals surface area contributed by atoms with Crippen LogP contribution in [0.4, 0.5) is 5.69 Å². The van der Waals surface area contributed by atoms with Crippen molar-refractivity contribution in [3.63, 3.8) is 0 Å². The van der Waals surface area contributed by atoms with E-state index in [9.17, 15) is 8.42 Å². The third kappa shape index (κ3) is 4.26. The summed E-state index contributed by atoms with van der Waals surface area (Å²) in [6.07, 6.45) is 0.